The quantitative estimate of drug-likeness (QED) is 0.665. The molecule has 0 bridgehead atoms. The third-order valence-electron chi connectivity index (χ3n) is 3.84. The van der Waals surface area contributed by atoms with Crippen LogP contribution in [0.5, 0.6) is 5.75 Å². The third kappa shape index (κ3) is 4.38. The van der Waals surface area contributed by atoms with Crippen LogP contribution in [-0.2, 0) is 4.74 Å². The lowest BCUT2D eigenvalue weighted by Crippen LogP contribution is -2.28. The molecule has 0 spiro atoms. The van der Waals surface area contributed by atoms with Crippen molar-refractivity contribution in [3.63, 3.8) is 0 Å². The highest BCUT2D eigenvalue weighted by Crippen LogP contribution is 2.24. The van der Waals surface area contributed by atoms with Crippen LogP contribution >= 0.6 is 0 Å². The van der Waals surface area contributed by atoms with E-state index in [-0.39, 0.29) is 6.29 Å². The zero-order valence-electron chi connectivity index (χ0n) is 12.7. The summed E-state index contributed by atoms with van der Waals surface area (Å²) in [5, 5.41) is 0. The van der Waals surface area contributed by atoms with Crippen LogP contribution in [0.2, 0.25) is 0 Å². The maximum absolute atomic E-state index is 6.08. The summed E-state index contributed by atoms with van der Waals surface area (Å²) in [6.07, 6.45) is 7.39. The van der Waals surface area contributed by atoms with Crippen LogP contribution in [0.25, 0.3) is 5.57 Å². The topological polar surface area (TPSA) is 18.5 Å². The van der Waals surface area contributed by atoms with E-state index >= 15 is 0 Å². The first kappa shape index (κ1) is 15.1. The Hall–Kier alpha value is -1.28. The monoisotopic (exact) mass is 274 g/mol. The molecule has 0 radical (unpaired) electrons. The number of benzene rings is 1. The van der Waals surface area contributed by atoms with Gasteiger partial charge in [-0.05, 0) is 37.5 Å². The molecule has 1 atom stereocenters. The fourth-order valence-electron chi connectivity index (χ4n) is 2.59. The summed E-state index contributed by atoms with van der Waals surface area (Å²) in [6.45, 7) is 8.06. The van der Waals surface area contributed by atoms with E-state index in [0.29, 0.717) is 6.10 Å². The summed E-state index contributed by atoms with van der Waals surface area (Å²) in [5.74, 6) is 0.873. The van der Waals surface area contributed by atoms with Gasteiger partial charge in [0, 0.05) is 6.42 Å². The molecule has 0 saturated heterocycles. The van der Waals surface area contributed by atoms with Gasteiger partial charge >= 0.3 is 0 Å². The third-order valence-corrected chi connectivity index (χ3v) is 3.84. The second-order valence-electron chi connectivity index (χ2n) is 5.66. The molecule has 0 heterocycles. The Bertz CT molecular complexity index is 416. The van der Waals surface area contributed by atoms with Crippen LogP contribution in [0.4, 0.5) is 0 Å². The molecule has 1 saturated carbocycles. The lowest BCUT2D eigenvalue weighted by atomic mass is 9.98. The molecule has 1 aromatic rings. The van der Waals surface area contributed by atoms with Gasteiger partial charge in [-0.15, -0.1) is 0 Å². The molecule has 0 N–H and O–H groups in total. The molecule has 1 aromatic carbocycles. The minimum atomic E-state index is -0.131. The molecule has 20 heavy (non-hydrogen) atoms. The van der Waals surface area contributed by atoms with Crippen molar-refractivity contribution in [3.05, 3.63) is 36.4 Å². The van der Waals surface area contributed by atoms with E-state index in [2.05, 4.69) is 13.5 Å². The van der Waals surface area contributed by atoms with E-state index in [4.69, 9.17) is 9.47 Å². The minimum Gasteiger partial charge on any atom is -0.465 e. The van der Waals surface area contributed by atoms with Gasteiger partial charge in [0.1, 0.15) is 5.75 Å². The Balaban J connectivity index is 1.89. The Labute approximate surface area is 122 Å². The fourth-order valence-corrected chi connectivity index (χ4v) is 2.59. The van der Waals surface area contributed by atoms with Crippen molar-refractivity contribution >= 4 is 5.57 Å². The van der Waals surface area contributed by atoms with E-state index < -0.39 is 0 Å². The summed E-state index contributed by atoms with van der Waals surface area (Å²) in [7, 11) is 0. The molecule has 1 aliphatic rings. The van der Waals surface area contributed by atoms with Gasteiger partial charge < -0.3 is 9.47 Å². The maximum Gasteiger partial charge on any atom is 0.199 e. The number of allylic oxidation sites excluding steroid dienone is 1. The van der Waals surface area contributed by atoms with Gasteiger partial charge in [-0.2, -0.15) is 0 Å². The number of rotatable bonds is 6. The van der Waals surface area contributed by atoms with Gasteiger partial charge in [-0.3, -0.25) is 0 Å². The Morgan fingerprint density at radius 3 is 2.40 bits per heavy atom. The average Bonchev–Trinajstić information content (AvgIpc) is 2.48. The summed E-state index contributed by atoms with van der Waals surface area (Å²) >= 11 is 0. The maximum atomic E-state index is 6.08. The molecular weight excluding hydrogens is 248 g/mol. The van der Waals surface area contributed by atoms with Crippen LogP contribution in [0.15, 0.2) is 30.8 Å². The number of hydrogen-bond acceptors (Lipinski definition) is 2. The molecule has 1 unspecified atom stereocenters. The highest BCUT2D eigenvalue weighted by Gasteiger charge is 2.19. The van der Waals surface area contributed by atoms with Crippen molar-refractivity contribution in [2.45, 2.75) is 64.8 Å². The second kappa shape index (κ2) is 7.49. The summed E-state index contributed by atoms with van der Waals surface area (Å²) in [6, 6.07) is 8.09. The molecule has 2 rings (SSSR count). The summed E-state index contributed by atoms with van der Waals surface area (Å²) in [5.41, 5.74) is 2.22. The Morgan fingerprint density at radius 1 is 1.20 bits per heavy atom. The van der Waals surface area contributed by atoms with Gasteiger partial charge in [0.25, 0.3) is 0 Å². The van der Waals surface area contributed by atoms with E-state index in [1.54, 1.807) is 0 Å². The van der Waals surface area contributed by atoms with E-state index in [9.17, 15) is 0 Å². The van der Waals surface area contributed by atoms with Gasteiger partial charge in [-0.25, -0.2) is 0 Å². The molecule has 1 fully saturated rings. The van der Waals surface area contributed by atoms with Crippen molar-refractivity contribution in [1.29, 1.82) is 0 Å². The van der Waals surface area contributed by atoms with Crippen molar-refractivity contribution < 1.29 is 9.47 Å². The normalized spacial score (nSPS) is 17.7. The second-order valence-corrected chi connectivity index (χ2v) is 5.66. The molecule has 0 aromatic heterocycles. The highest BCUT2D eigenvalue weighted by molar-refractivity contribution is 5.61. The first-order valence-corrected chi connectivity index (χ1v) is 7.77. The van der Waals surface area contributed by atoms with Crippen molar-refractivity contribution in [1.82, 2.24) is 0 Å². The highest BCUT2D eigenvalue weighted by atomic mass is 16.7. The average molecular weight is 274 g/mol. The first-order chi connectivity index (χ1) is 9.69. The Morgan fingerprint density at radius 2 is 1.85 bits per heavy atom. The van der Waals surface area contributed by atoms with Crippen LogP contribution in [0, 0.1) is 0 Å². The van der Waals surface area contributed by atoms with Crippen LogP contribution in [0.3, 0.4) is 0 Å². The van der Waals surface area contributed by atoms with Gasteiger partial charge in [0.05, 0.1) is 6.10 Å². The number of hydrogen-bond donors (Lipinski definition) is 0. The Kier molecular flexibility index (Phi) is 5.66. The van der Waals surface area contributed by atoms with Crippen molar-refractivity contribution in [2.75, 3.05) is 0 Å². The summed E-state index contributed by atoms with van der Waals surface area (Å²) < 4.78 is 12.0. The molecule has 1 aliphatic carbocycles. The lowest BCUT2D eigenvalue weighted by Gasteiger charge is -2.27. The minimum absolute atomic E-state index is 0.131. The van der Waals surface area contributed by atoms with Gasteiger partial charge in [0.2, 0.25) is 0 Å². The lowest BCUT2D eigenvalue weighted by molar-refractivity contribution is -0.129. The molecule has 110 valence electrons. The predicted molar refractivity (Wildman–Crippen MR) is 83.8 cm³/mol. The standard InChI is InChI=1S/C18H26O2/c1-4-18(19-16-8-6-5-7-9-16)20-17-12-10-15(11-13-17)14(2)3/h10-13,16,18H,2,4-9H2,1,3H3. The molecule has 0 amide bonds. The van der Waals surface area contributed by atoms with E-state index in [1.165, 1.54) is 32.1 Å². The zero-order chi connectivity index (χ0) is 14.4. The molecular formula is C18H26O2. The van der Waals surface area contributed by atoms with Crippen molar-refractivity contribution in [3.8, 4) is 5.75 Å². The smallest absolute Gasteiger partial charge is 0.199 e. The predicted octanol–water partition coefficient (Wildman–Crippen LogP) is 5.18. The van der Waals surface area contributed by atoms with Crippen molar-refractivity contribution in [2.24, 2.45) is 0 Å². The summed E-state index contributed by atoms with van der Waals surface area (Å²) in [4.78, 5) is 0. The SMILES string of the molecule is C=C(C)c1ccc(OC(CC)OC2CCCCC2)cc1. The van der Waals surface area contributed by atoms with Gasteiger partial charge in [0.15, 0.2) is 6.29 Å². The van der Waals surface area contributed by atoms with Crippen LogP contribution in [-0.4, -0.2) is 12.4 Å². The van der Waals surface area contributed by atoms with Crippen LogP contribution in [0.1, 0.15) is 57.9 Å². The van der Waals surface area contributed by atoms with E-state index in [0.717, 1.165) is 23.3 Å². The molecule has 2 nitrogen and oxygen atoms in total. The first-order valence-electron chi connectivity index (χ1n) is 7.77. The van der Waals surface area contributed by atoms with E-state index in [1.807, 2.05) is 31.2 Å². The molecule has 0 aliphatic heterocycles. The number of ether oxygens (including phenoxy) is 2. The fraction of sp³-hybridized carbons (Fsp3) is 0.556. The van der Waals surface area contributed by atoms with Gasteiger partial charge in [-0.1, -0.05) is 50.5 Å². The largest absolute Gasteiger partial charge is 0.465 e. The zero-order valence-corrected chi connectivity index (χ0v) is 12.7. The molecule has 2 heteroatoms. The van der Waals surface area contributed by atoms with Crippen LogP contribution < -0.4 is 4.74 Å².